The maximum absolute atomic E-state index is 5.31. The summed E-state index contributed by atoms with van der Waals surface area (Å²) in [7, 11) is 0. The summed E-state index contributed by atoms with van der Waals surface area (Å²) >= 11 is 1.82. The van der Waals surface area contributed by atoms with E-state index in [0.29, 0.717) is 0 Å². The van der Waals surface area contributed by atoms with Gasteiger partial charge in [-0.15, -0.1) is 11.3 Å². The molecule has 0 bridgehead atoms. The van der Waals surface area contributed by atoms with Crippen molar-refractivity contribution in [2.45, 2.75) is 0 Å². The van der Waals surface area contributed by atoms with E-state index in [9.17, 15) is 0 Å². The van der Waals surface area contributed by atoms with E-state index in [4.69, 9.17) is 9.97 Å². The van der Waals surface area contributed by atoms with Gasteiger partial charge in [-0.1, -0.05) is 115 Å². The molecule has 0 fully saturated rings. The molecule has 0 saturated heterocycles. The Labute approximate surface area is 310 Å². The highest BCUT2D eigenvalue weighted by Gasteiger charge is 2.17. The van der Waals surface area contributed by atoms with E-state index in [1.165, 1.54) is 36.7 Å². The molecule has 5 aromatic carbocycles. The largest absolute Gasteiger partial charge is 0.255 e. The SMILES string of the molecule is c1ccc(-c2ccc3nc(-c4ccc(-c5ccc(-c6cc(-c7ccccn7)nc(-c7ccccn7)c6)cc5)cc4)c4sc5ccccc5c4c3c2)cc1. The third kappa shape index (κ3) is 5.74. The number of pyridine rings is 4. The van der Waals surface area contributed by atoms with E-state index < -0.39 is 0 Å². The van der Waals surface area contributed by atoms with Gasteiger partial charge in [-0.05, 0) is 88.0 Å². The second kappa shape index (κ2) is 13.1. The van der Waals surface area contributed by atoms with Crippen molar-refractivity contribution in [3.63, 3.8) is 0 Å². The Morgan fingerprint density at radius 1 is 0.358 bits per heavy atom. The van der Waals surface area contributed by atoms with Crippen molar-refractivity contribution in [2.75, 3.05) is 0 Å². The molecule has 0 saturated carbocycles. The van der Waals surface area contributed by atoms with E-state index in [-0.39, 0.29) is 0 Å². The fourth-order valence-electron chi connectivity index (χ4n) is 7.15. The van der Waals surface area contributed by atoms with E-state index in [1.54, 1.807) is 12.4 Å². The molecular formula is C48H30N4S. The first kappa shape index (κ1) is 31.0. The Morgan fingerprint density at radius 2 is 0.906 bits per heavy atom. The summed E-state index contributed by atoms with van der Waals surface area (Å²) in [6, 6.07) is 59.5. The van der Waals surface area contributed by atoms with Crippen LogP contribution in [-0.2, 0) is 0 Å². The van der Waals surface area contributed by atoms with E-state index >= 15 is 0 Å². The zero-order chi connectivity index (χ0) is 35.1. The van der Waals surface area contributed by atoms with Crippen molar-refractivity contribution in [3.8, 4) is 67.4 Å². The van der Waals surface area contributed by atoms with Gasteiger partial charge < -0.3 is 0 Å². The second-order valence-electron chi connectivity index (χ2n) is 13.1. The molecule has 0 N–H and O–H groups in total. The van der Waals surface area contributed by atoms with Gasteiger partial charge in [0.15, 0.2) is 0 Å². The molecule has 0 spiro atoms. The predicted octanol–water partition coefficient (Wildman–Crippen LogP) is 12.8. The van der Waals surface area contributed by atoms with Gasteiger partial charge in [-0.25, -0.2) is 9.97 Å². The topological polar surface area (TPSA) is 51.6 Å². The standard InChI is InChI=1S/C48H30N4S/c1-2-10-31(11-3-1)36-24-25-40-39(28-36)46-38-12-4-5-15-45(38)53-48(46)47(52-40)35-22-20-33(21-23-35)32-16-18-34(19-17-32)37-29-43(41-13-6-8-26-49-41)51-44(30-37)42-14-7-9-27-50-42/h1-30H. The maximum atomic E-state index is 5.31. The zero-order valence-corrected chi connectivity index (χ0v) is 29.3. The Kier molecular flexibility index (Phi) is 7.63. The second-order valence-corrected chi connectivity index (χ2v) is 14.1. The first-order valence-electron chi connectivity index (χ1n) is 17.6. The van der Waals surface area contributed by atoms with E-state index in [1.807, 2.05) is 47.7 Å². The summed E-state index contributed by atoms with van der Waals surface area (Å²) in [5.41, 5.74) is 13.3. The summed E-state index contributed by atoms with van der Waals surface area (Å²) in [5.74, 6) is 0. The molecule has 0 aliphatic heterocycles. The molecule has 0 atom stereocenters. The van der Waals surface area contributed by atoms with Crippen LogP contribution in [0.2, 0.25) is 0 Å². The van der Waals surface area contributed by atoms with Crippen LogP contribution in [0.1, 0.15) is 0 Å². The first-order valence-corrected chi connectivity index (χ1v) is 18.4. The van der Waals surface area contributed by atoms with Crippen molar-refractivity contribution in [3.05, 3.63) is 182 Å². The van der Waals surface area contributed by atoms with Gasteiger partial charge in [0.25, 0.3) is 0 Å². The monoisotopic (exact) mass is 694 g/mol. The lowest BCUT2D eigenvalue weighted by Gasteiger charge is -2.11. The fourth-order valence-corrected chi connectivity index (χ4v) is 8.38. The van der Waals surface area contributed by atoms with Crippen molar-refractivity contribution >= 4 is 42.4 Å². The van der Waals surface area contributed by atoms with Gasteiger partial charge in [-0.3, -0.25) is 9.97 Å². The number of hydrogen-bond donors (Lipinski definition) is 0. The minimum absolute atomic E-state index is 0.815. The Morgan fingerprint density at radius 3 is 1.55 bits per heavy atom. The molecule has 4 nitrogen and oxygen atoms in total. The quantitative estimate of drug-likeness (QED) is 0.174. The van der Waals surface area contributed by atoms with Crippen LogP contribution in [0.15, 0.2) is 182 Å². The molecule has 0 aliphatic rings. The van der Waals surface area contributed by atoms with Gasteiger partial charge in [0, 0.05) is 38.8 Å². The van der Waals surface area contributed by atoms with E-state index in [0.717, 1.165) is 61.8 Å². The summed E-state index contributed by atoms with van der Waals surface area (Å²) in [6.45, 7) is 0. The highest BCUT2D eigenvalue weighted by atomic mass is 32.1. The summed E-state index contributed by atoms with van der Waals surface area (Å²) < 4.78 is 2.49. The molecule has 10 aromatic rings. The minimum atomic E-state index is 0.815. The van der Waals surface area contributed by atoms with Crippen molar-refractivity contribution in [2.24, 2.45) is 0 Å². The molecule has 53 heavy (non-hydrogen) atoms. The smallest absolute Gasteiger partial charge is 0.0900 e. The van der Waals surface area contributed by atoms with E-state index in [2.05, 4.69) is 143 Å². The molecule has 0 radical (unpaired) electrons. The Balaban J connectivity index is 1.01. The lowest BCUT2D eigenvalue weighted by Crippen LogP contribution is -1.94. The zero-order valence-electron chi connectivity index (χ0n) is 28.5. The molecular weight excluding hydrogens is 665 g/mol. The van der Waals surface area contributed by atoms with Crippen molar-refractivity contribution in [1.82, 2.24) is 19.9 Å². The predicted molar refractivity (Wildman–Crippen MR) is 221 cm³/mol. The molecule has 0 amide bonds. The minimum Gasteiger partial charge on any atom is -0.255 e. The normalized spacial score (nSPS) is 11.4. The number of nitrogens with zero attached hydrogens (tertiary/aromatic N) is 4. The maximum Gasteiger partial charge on any atom is 0.0900 e. The van der Waals surface area contributed by atoms with Crippen LogP contribution in [0.5, 0.6) is 0 Å². The van der Waals surface area contributed by atoms with Crippen LogP contribution in [0.4, 0.5) is 0 Å². The third-order valence-corrected chi connectivity index (χ3v) is 11.0. The van der Waals surface area contributed by atoms with Gasteiger partial charge in [0.05, 0.1) is 38.7 Å². The van der Waals surface area contributed by atoms with Crippen LogP contribution < -0.4 is 0 Å². The molecule has 0 aliphatic carbocycles. The van der Waals surface area contributed by atoms with Gasteiger partial charge in [0.2, 0.25) is 0 Å². The Bertz CT molecular complexity index is 2850. The van der Waals surface area contributed by atoms with Crippen LogP contribution in [0.25, 0.3) is 98.5 Å². The molecule has 10 rings (SSSR count). The van der Waals surface area contributed by atoms with Gasteiger partial charge in [0.1, 0.15) is 0 Å². The lowest BCUT2D eigenvalue weighted by molar-refractivity contribution is 1.22. The molecule has 5 heterocycles. The summed E-state index contributed by atoms with van der Waals surface area (Å²) in [5, 5.41) is 3.74. The highest BCUT2D eigenvalue weighted by molar-refractivity contribution is 7.26. The average Bonchev–Trinajstić information content (AvgIpc) is 3.64. The number of hydrogen-bond acceptors (Lipinski definition) is 5. The number of thiophene rings is 1. The fraction of sp³-hybridized carbons (Fsp3) is 0. The van der Waals surface area contributed by atoms with Gasteiger partial charge >= 0.3 is 0 Å². The molecule has 5 aromatic heterocycles. The van der Waals surface area contributed by atoms with Crippen LogP contribution in [-0.4, -0.2) is 19.9 Å². The Hall–Kier alpha value is -6.82. The summed E-state index contributed by atoms with van der Waals surface area (Å²) in [6.07, 6.45) is 3.60. The van der Waals surface area contributed by atoms with Crippen molar-refractivity contribution < 1.29 is 0 Å². The number of rotatable bonds is 6. The molecule has 248 valence electrons. The van der Waals surface area contributed by atoms with Crippen molar-refractivity contribution in [1.29, 1.82) is 0 Å². The number of benzene rings is 5. The van der Waals surface area contributed by atoms with Crippen LogP contribution in [0.3, 0.4) is 0 Å². The first-order chi connectivity index (χ1) is 26.2. The van der Waals surface area contributed by atoms with Crippen LogP contribution >= 0.6 is 11.3 Å². The summed E-state index contributed by atoms with van der Waals surface area (Å²) in [4.78, 5) is 19.4. The average molecular weight is 695 g/mol. The number of aromatic nitrogens is 4. The molecule has 5 heteroatoms. The highest BCUT2D eigenvalue weighted by Crippen LogP contribution is 2.44. The number of fused-ring (bicyclic) bond motifs is 5. The third-order valence-electron chi connectivity index (χ3n) is 9.81. The van der Waals surface area contributed by atoms with Gasteiger partial charge in [-0.2, -0.15) is 0 Å². The van der Waals surface area contributed by atoms with Crippen LogP contribution in [0, 0.1) is 0 Å². The molecule has 0 unspecified atom stereocenters. The lowest BCUT2D eigenvalue weighted by atomic mass is 9.97.